The summed E-state index contributed by atoms with van der Waals surface area (Å²) in [6.07, 6.45) is 3.00. The number of aromatic amines is 1. The van der Waals surface area contributed by atoms with Crippen LogP contribution in [-0.4, -0.2) is 35.1 Å². The van der Waals surface area contributed by atoms with Crippen molar-refractivity contribution in [3.8, 4) is 0 Å². The van der Waals surface area contributed by atoms with E-state index < -0.39 is 13.6 Å². The Morgan fingerprint density at radius 2 is 1.88 bits per heavy atom. The van der Waals surface area contributed by atoms with Crippen LogP contribution in [0.4, 0.5) is 16.3 Å². The van der Waals surface area contributed by atoms with Crippen molar-refractivity contribution in [1.82, 2.24) is 15.1 Å². The van der Waals surface area contributed by atoms with Gasteiger partial charge in [-0.25, -0.2) is 4.79 Å². The lowest BCUT2D eigenvalue weighted by molar-refractivity contribution is -0.121. The fourth-order valence-corrected chi connectivity index (χ4v) is 8.15. The monoisotopic (exact) mass is 517 g/mol. The Bertz CT molecular complexity index is 1060. The van der Waals surface area contributed by atoms with Gasteiger partial charge in [-0.3, -0.25) is 9.89 Å². The second kappa shape index (κ2) is 7.73. The van der Waals surface area contributed by atoms with Crippen LogP contribution in [0.15, 0.2) is 22.7 Å². The number of carbonyl (C=O) groups excluding carboxylic acids is 2. The molecule has 3 amide bonds. The molecule has 9 heteroatoms. The lowest BCUT2D eigenvalue weighted by Gasteiger charge is -2.48. The molecule has 3 N–H and O–H groups in total. The minimum absolute atomic E-state index is 0.0850. The zero-order valence-electron chi connectivity index (χ0n) is 19.6. The molecule has 4 rings (SSSR count). The molecule has 0 bridgehead atoms. The fourth-order valence-electron chi connectivity index (χ4n) is 4.98. The summed E-state index contributed by atoms with van der Waals surface area (Å²) >= 11 is 3.53. The summed E-state index contributed by atoms with van der Waals surface area (Å²) in [7, 11) is -1.69. The number of H-pyrrole nitrogens is 1. The molecule has 2 aliphatic rings. The van der Waals surface area contributed by atoms with Gasteiger partial charge in [0.05, 0.1) is 31.5 Å². The molecule has 1 aromatic carbocycles. The van der Waals surface area contributed by atoms with Crippen molar-refractivity contribution in [3.05, 3.63) is 39.5 Å². The highest BCUT2D eigenvalue weighted by molar-refractivity contribution is 9.10. The molecule has 172 valence electrons. The van der Waals surface area contributed by atoms with Gasteiger partial charge in [0.15, 0.2) is 5.82 Å². The number of amides is 3. The summed E-state index contributed by atoms with van der Waals surface area (Å²) in [5, 5.41) is 13.5. The molecule has 32 heavy (non-hydrogen) atoms. The number of benzene rings is 1. The van der Waals surface area contributed by atoms with Crippen LogP contribution in [0.1, 0.15) is 49.9 Å². The summed E-state index contributed by atoms with van der Waals surface area (Å²) in [5.41, 5.74) is 2.90. The van der Waals surface area contributed by atoms with Crippen LogP contribution < -0.4 is 10.6 Å². The fraction of sp³-hybridized carbons (Fsp3) is 0.522. The molecule has 0 spiro atoms. The second-order valence-corrected chi connectivity index (χ2v) is 16.9. The van der Waals surface area contributed by atoms with Crippen molar-refractivity contribution in [2.75, 3.05) is 10.6 Å². The Labute approximate surface area is 198 Å². The lowest BCUT2D eigenvalue weighted by Crippen LogP contribution is -2.52. The van der Waals surface area contributed by atoms with Crippen molar-refractivity contribution < 1.29 is 9.59 Å². The molecule has 0 radical (unpaired) electrons. The van der Waals surface area contributed by atoms with Crippen molar-refractivity contribution in [2.24, 2.45) is 0 Å². The first-order chi connectivity index (χ1) is 14.9. The Morgan fingerprint density at radius 3 is 2.44 bits per heavy atom. The SMILES string of the molecule is Cc1cccc(Br)c1NC(=O)N1Cc2c(NC(=O)C3([Si](C)(C)C)CCC3)n[nH]c2C1(C)C. The number of hydrogen-bond donors (Lipinski definition) is 3. The van der Waals surface area contributed by atoms with Gasteiger partial charge < -0.3 is 15.5 Å². The van der Waals surface area contributed by atoms with Crippen LogP contribution in [-0.2, 0) is 16.9 Å². The van der Waals surface area contributed by atoms with E-state index in [4.69, 9.17) is 0 Å². The van der Waals surface area contributed by atoms with Gasteiger partial charge in [-0.15, -0.1) is 0 Å². The Kier molecular flexibility index (Phi) is 5.56. The van der Waals surface area contributed by atoms with E-state index in [1.54, 1.807) is 4.90 Å². The van der Waals surface area contributed by atoms with Gasteiger partial charge in [0.1, 0.15) is 0 Å². The van der Waals surface area contributed by atoms with Gasteiger partial charge in [-0.05, 0) is 61.2 Å². The second-order valence-electron chi connectivity index (χ2n) is 10.6. The Balaban J connectivity index is 1.56. The summed E-state index contributed by atoms with van der Waals surface area (Å²) in [6, 6.07) is 5.62. The highest BCUT2D eigenvalue weighted by Crippen LogP contribution is 2.56. The zero-order valence-corrected chi connectivity index (χ0v) is 22.2. The van der Waals surface area contributed by atoms with E-state index in [1.165, 1.54) is 0 Å². The minimum atomic E-state index is -1.69. The number of fused-ring (bicyclic) bond motifs is 1. The van der Waals surface area contributed by atoms with Gasteiger partial charge in [0, 0.05) is 15.1 Å². The first-order valence-corrected chi connectivity index (χ1v) is 15.4. The van der Waals surface area contributed by atoms with E-state index >= 15 is 0 Å². The van der Waals surface area contributed by atoms with Crippen LogP contribution in [0.25, 0.3) is 0 Å². The largest absolute Gasteiger partial charge is 0.322 e. The van der Waals surface area contributed by atoms with Gasteiger partial charge in [-0.1, -0.05) is 38.2 Å². The van der Waals surface area contributed by atoms with Crippen molar-refractivity contribution in [2.45, 2.75) is 76.8 Å². The number of rotatable bonds is 4. The Hall–Kier alpha value is -2.13. The quantitative estimate of drug-likeness (QED) is 0.436. The molecule has 0 unspecified atom stereocenters. The van der Waals surface area contributed by atoms with Crippen LogP contribution >= 0.6 is 15.9 Å². The standard InChI is InChI=1S/C23H32BrN5O2Si/c1-14-9-7-10-16(24)17(14)25-21(31)29-13-15-18(22(29,2)3)27-28-19(15)26-20(30)23(11-8-12-23)32(4,5)6/h7,9-10H,8,11-13H2,1-6H3,(H,25,31)(H2,26,27,28,30). The highest BCUT2D eigenvalue weighted by Gasteiger charge is 2.54. The average molecular weight is 519 g/mol. The number of halogens is 1. The third kappa shape index (κ3) is 3.49. The van der Waals surface area contributed by atoms with E-state index in [9.17, 15) is 9.59 Å². The highest BCUT2D eigenvalue weighted by atomic mass is 79.9. The third-order valence-electron chi connectivity index (χ3n) is 7.48. The van der Waals surface area contributed by atoms with Crippen LogP contribution in [0.3, 0.4) is 0 Å². The molecule has 7 nitrogen and oxygen atoms in total. The number of hydrogen-bond acceptors (Lipinski definition) is 3. The molecule has 0 atom stereocenters. The normalized spacial score (nSPS) is 18.7. The molecule has 1 saturated carbocycles. The van der Waals surface area contributed by atoms with E-state index in [0.29, 0.717) is 12.4 Å². The van der Waals surface area contributed by atoms with Crippen molar-refractivity contribution in [3.63, 3.8) is 0 Å². The molecular formula is C23H32BrN5O2Si. The molecular weight excluding hydrogens is 486 g/mol. The number of carbonyl (C=O) groups is 2. The average Bonchev–Trinajstić information content (AvgIpc) is 3.14. The lowest BCUT2D eigenvalue weighted by atomic mass is 9.83. The first-order valence-electron chi connectivity index (χ1n) is 11.1. The third-order valence-corrected chi connectivity index (χ3v) is 11.7. The smallest absolute Gasteiger partial charge is 0.309 e. The molecule has 1 aromatic heterocycles. The molecule has 1 aliphatic heterocycles. The van der Waals surface area contributed by atoms with E-state index in [2.05, 4.69) is 56.4 Å². The summed E-state index contributed by atoms with van der Waals surface area (Å²) in [4.78, 5) is 28.4. The minimum Gasteiger partial charge on any atom is -0.309 e. The number of aryl methyl sites for hydroxylation is 1. The Morgan fingerprint density at radius 1 is 1.19 bits per heavy atom. The molecule has 2 heterocycles. The number of nitrogens with zero attached hydrogens (tertiary/aromatic N) is 2. The van der Waals surface area contributed by atoms with Crippen LogP contribution in [0.5, 0.6) is 0 Å². The number of nitrogens with one attached hydrogen (secondary N) is 3. The van der Waals surface area contributed by atoms with Gasteiger partial charge >= 0.3 is 6.03 Å². The van der Waals surface area contributed by atoms with E-state index in [1.807, 2.05) is 39.0 Å². The maximum absolute atomic E-state index is 13.3. The number of para-hydroxylation sites is 1. The first kappa shape index (κ1) is 23.0. The van der Waals surface area contributed by atoms with E-state index in [0.717, 1.165) is 46.2 Å². The maximum Gasteiger partial charge on any atom is 0.322 e. The van der Waals surface area contributed by atoms with Crippen molar-refractivity contribution in [1.29, 1.82) is 0 Å². The molecule has 2 aromatic rings. The summed E-state index contributed by atoms with van der Waals surface area (Å²) < 4.78 is 0.841. The van der Waals surface area contributed by atoms with E-state index in [-0.39, 0.29) is 17.0 Å². The summed E-state index contributed by atoms with van der Waals surface area (Å²) in [5.74, 6) is 0.636. The topological polar surface area (TPSA) is 90.1 Å². The predicted octanol–water partition coefficient (Wildman–Crippen LogP) is 5.96. The molecule has 1 fully saturated rings. The van der Waals surface area contributed by atoms with Crippen LogP contribution in [0.2, 0.25) is 24.7 Å². The van der Waals surface area contributed by atoms with Gasteiger partial charge in [0.2, 0.25) is 5.91 Å². The zero-order chi connectivity index (χ0) is 23.5. The maximum atomic E-state index is 13.3. The summed E-state index contributed by atoms with van der Waals surface area (Å²) in [6.45, 7) is 13.1. The molecule has 0 saturated heterocycles. The molecule has 1 aliphatic carbocycles. The number of aromatic nitrogens is 2. The predicted molar refractivity (Wildman–Crippen MR) is 134 cm³/mol. The number of anilines is 2. The number of urea groups is 1. The van der Waals surface area contributed by atoms with Crippen LogP contribution in [0, 0.1) is 6.92 Å². The van der Waals surface area contributed by atoms with Gasteiger partial charge in [-0.2, -0.15) is 5.10 Å². The van der Waals surface area contributed by atoms with Crippen molar-refractivity contribution >= 4 is 47.4 Å². The van der Waals surface area contributed by atoms with Gasteiger partial charge in [0.25, 0.3) is 0 Å².